The fraction of sp³-hybridized carbons (Fsp3) is 0. The van der Waals surface area contributed by atoms with E-state index in [4.69, 9.17) is 11.6 Å². The maximum absolute atomic E-state index is 10.8. The summed E-state index contributed by atoms with van der Waals surface area (Å²) >= 11 is 6.00. The van der Waals surface area contributed by atoms with Crippen LogP contribution in [-0.4, -0.2) is 4.92 Å². The van der Waals surface area contributed by atoms with Crippen molar-refractivity contribution in [2.45, 2.75) is 0 Å². The first-order chi connectivity index (χ1) is 7.70. The van der Waals surface area contributed by atoms with Crippen LogP contribution in [0.15, 0.2) is 42.5 Å². The highest BCUT2D eigenvalue weighted by Gasteiger charge is 2.15. The summed E-state index contributed by atoms with van der Waals surface area (Å²) in [6.45, 7) is 0. The van der Waals surface area contributed by atoms with Gasteiger partial charge in [0.2, 0.25) is 0 Å². The lowest BCUT2D eigenvalue weighted by Crippen LogP contribution is -1.92. The van der Waals surface area contributed by atoms with E-state index in [0.29, 0.717) is 16.1 Å². The zero-order valence-electron chi connectivity index (χ0n) is 8.18. The van der Waals surface area contributed by atoms with Crippen LogP contribution >= 0.6 is 11.6 Å². The van der Waals surface area contributed by atoms with E-state index in [0.717, 1.165) is 0 Å². The number of nitro benzene ring substituents is 1. The standard InChI is InChI=1S/C12H7ClNO2/c13-11-7-3-1-5-9(11)10-6-2-4-8-12(10)14(15)16/h1-7H. The highest BCUT2D eigenvalue weighted by atomic mass is 35.5. The molecule has 0 saturated carbocycles. The molecule has 0 aliphatic carbocycles. The Labute approximate surface area is 97.4 Å². The molecule has 0 saturated heterocycles. The summed E-state index contributed by atoms with van der Waals surface area (Å²) in [5, 5.41) is 11.3. The molecule has 0 aliphatic heterocycles. The van der Waals surface area contributed by atoms with Gasteiger partial charge in [-0.1, -0.05) is 35.9 Å². The molecule has 2 aromatic rings. The number of halogens is 1. The lowest BCUT2D eigenvalue weighted by Gasteiger charge is -2.04. The third-order valence-corrected chi connectivity index (χ3v) is 2.51. The molecule has 1 radical (unpaired) electrons. The molecule has 79 valence electrons. The largest absolute Gasteiger partial charge is 0.285 e. The van der Waals surface area contributed by atoms with Gasteiger partial charge in [0.25, 0.3) is 5.69 Å². The SMILES string of the molecule is O=[N+]([O-])c1[c]cccc1-c1ccccc1Cl. The topological polar surface area (TPSA) is 43.1 Å². The van der Waals surface area contributed by atoms with Crippen LogP contribution in [0.2, 0.25) is 5.02 Å². The van der Waals surface area contributed by atoms with Crippen LogP contribution < -0.4 is 0 Å². The summed E-state index contributed by atoms with van der Waals surface area (Å²) < 4.78 is 0. The van der Waals surface area contributed by atoms with E-state index in [9.17, 15) is 10.1 Å². The second kappa shape index (κ2) is 4.33. The van der Waals surface area contributed by atoms with Crippen molar-refractivity contribution in [3.8, 4) is 11.1 Å². The monoisotopic (exact) mass is 232 g/mol. The zero-order chi connectivity index (χ0) is 11.5. The van der Waals surface area contributed by atoms with Gasteiger partial charge in [-0.15, -0.1) is 0 Å². The van der Waals surface area contributed by atoms with Crippen molar-refractivity contribution in [3.63, 3.8) is 0 Å². The molecule has 3 nitrogen and oxygen atoms in total. The Morgan fingerprint density at radius 2 is 1.81 bits per heavy atom. The number of rotatable bonds is 2. The maximum Gasteiger partial charge on any atom is 0.285 e. The molecular weight excluding hydrogens is 226 g/mol. The lowest BCUT2D eigenvalue weighted by atomic mass is 10.0. The van der Waals surface area contributed by atoms with Crippen molar-refractivity contribution in [2.24, 2.45) is 0 Å². The van der Waals surface area contributed by atoms with Gasteiger partial charge in [0.05, 0.1) is 16.6 Å². The Kier molecular flexibility index (Phi) is 2.88. The van der Waals surface area contributed by atoms with Crippen molar-refractivity contribution in [1.82, 2.24) is 0 Å². The van der Waals surface area contributed by atoms with E-state index in [1.807, 2.05) is 0 Å². The van der Waals surface area contributed by atoms with Crippen LogP contribution in [-0.2, 0) is 0 Å². The molecule has 0 atom stereocenters. The van der Waals surface area contributed by atoms with Crippen LogP contribution in [0, 0.1) is 16.2 Å². The van der Waals surface area contributed by atoms with Crippen LogP contribution in [0.25, 0.3) is 11.1 Å². The van der Waals surface area contributed by atoms with Gasteiger partial charge in [0.15, 0.2) is 0 Å². The highest BCUT2D eigenvalue weighted by molar-refractivity contribution is 6.33. The van der Waals surface area contributed by atoms with Crippen molar-refractivity contribution in [2.75, 3.05) is 0 Å². The van der Waals surface area contributed by atoms with Gasteiger partial charge in [-0.2, -0.15) is 0 Å². The Bertz CT molecular complexity index is 540. The molecule has 0 aromatic heterocycles. The zero-order valence-corrected chi connectivity index (χ0v) is 8.94. The summed E-state index contributed by atoms with van der Waals surface area (Å²) in [5.41, 5.74) is 1.07. The molecule has 0 bridgehead atoms. The molecule has 16 heavy (non-hydrogen) atoms. The first-order valence-corrected chi connectivity index (χ1v) is 4.98. The van der Waals surface area contributed by atoms with Crippen LogP contribution in [0.5, 0.6) is 0 Å². The summed E-state index contributed by atoms with van der Waals surface area (Å²) in [6, 6.07) is 14.5. The van der Waals surface area contributed by atoms with Gasteiger partial charge in [-0.05, 0) is 18.2 Å². The van der Waals surface area contributed by atoms with E-state index >= 15 is 0 Å². The van der Waals surface area contributed by atoms with E-state index in [2.05, 4.69) is 6.07 Å². The summed E-state index contributed by atoms with van der Waals surface area (Å²) in [4.78, 5) is 10.4. The molecule has 0 spiro atoms. The Hall–Kier alpha value is -1.87. The molecular formula is C12H7ClNO2. The smallest absolute Gasteiger partial charge is 0.258 e. The molecule has 0 fully saturated rings. The molecule has 2 rings (SSSR count). The second-order valence-electron chi connectivity index (χ2n) is 3.17. The average Bonchev–Trinajstić information content (AvgIpc) is 2.29. The van der Waals surface area contributed by atoms with Gasteiger partial charge in [0, 0.05) is 10.6 Å². The molecule has 0 amide bonds. The second-order valence-corrected chi connectivity index (χ2v) is 3.58. The normalized spacial score (nSPS) is 10.1. The quantitative estimate of drug-likeness (QED) is 0.585. The first-order valence-electron chi connectivity index (χ1n) is 4.60. The number of benzene rings is 2. The fourth-order valence-corrected chi connectivity index (χ4v) is 1.71. The third kappa shape index (κ3) is 1.90. The van der Waals surface area contributed by atoms with Crippen LogP contribution in [0.1, 0.15) is 0 Å². The first kappa shape index (κ1) is 10.6. The number of nitro groups is 1. The predicted octanol–water partition coefficient (Wildman–Crippen LogP) is 3.72. The highest BCUT2D eigenvalue weighted by Crippen LogP contribution is 2.33. The Morgan fingerprint density at radius 3 is 2.50 bits per heavy atom. The Balaban J connectivity index is 2.65. The minimum atomic E-state index is -0.460. The van der Waals surface area contributed by atoms with Crippen LogP contribution in [0.3, 0.4) is 0 Å². The number of hydrogen-bond acceptors (Lipinski definition) is 2. The van der Waals surface area contributed by atoms with Crippen molar-refractivity contribution in [3.05, 3.63) is 63.7 Å². The molecule has 0 unspecified atom stereocenters. The number of nitrogens with zero attached hydrogens (tertiary/aromatic N) is 1. The molecule has 4 heteroatoms. The predicted molar refractivity (Wildman–Crippen MR) is 62.4 cm³/mol. The Morgan fingerprint density at radius 1 is 1.12 bits per heavy atom. The summed E-state index contributed by atoms with van der Waals surface area (Å²) in [7, 11) is 0. The van der Waals surface area contributed by atoms with E-state index in [1.165, 1.54) is 6.07 Å². The van der Waals surface area contributed by atoms with Crippen molar-refractivity contribution < 1.29 is 4.92 Å². The van der Waals surface area contributed by atoms with E-state index in [1.54, 1.807) is 36.4 Å². The van der Waals surface area contributed by atoms with Gasteiger partial charge in [-0.3, -0.25) is 10.1 Å². The summed E-state index contributed by atoms with van der Waals surface area (Å²) in [6.07, 6.45) is 0. The minimum Gasteiger partial charge on any atom is -0.258 e. The van der Waals surface area contributed by atoms with Crippen molar-refractivity contribution in [1.29, 1.82) is 0 Å². The van der Waals surface area contributed by atoms with Crippen molar-refractivity contribution >= 4 is 17.3 Å². The molecule has 2 aromatic carbocycles. The average molecular weight is 233 g/mol. The molecule has 0 aliphatic rings. The number of hydrogen-bond donors (Lipinski definition) is 0. The summed E-state index contributed by atoms with van der Waals surface area (Å²) in [5.74, 6) is 0. The lowest BCUT2D eigenvalue weighted by molar-refractivity contribution is -0.384. The van der Waals surface area contributed by atoms with E-state index in [-0.39, 0.29) is 5.69 Å². The minimum absolute atomic E-state index is 0.0596. The molecule has 0 heterocycles. The van der Waals surface area contributed by atoms with Crippen LogP contribution in [0.4, 0.5) is 5.69 Å². The van der Waals surface area contributed by atoms with Gasteiger partial charge in [-0.25, -0.2) is 0 Å². The maximum atomic E-state index is 10.8. The third-order valence-electron chi connectivity index (χ3n) is 2.18. The van der Waals surface area contributed by atoms with Gasteiger partial charge < -0.3 is 0 Å². The molecule has 0 N–H and O–H groups in total. The number of para-hydroxylation sites is 1. The van der Waals surface area contributed by atoms with Gasteiger partial charge >= 0.3 is 0 Å². The van der Waals surface area contributed by atoms with E-state index < -0.39 is 4.92 Å². The van der Waals surface area contributed by atoms with Gasteiger partial charge in [0.1, 0.15) is 0 Å². The fourth-order valence-electron chi connectivity index (χ4n) is 1.48.